The zero-order valence-corrected chi connectivity index (χ0v) is 11.7. The van der Waals surface area contributed by atoms with Crippen molar-refractivity contribution in [3.05, 3.63) is 64.9 Å². The lowest BCUT2D eigenvalue weighted by atomic mass is 10.2. The van der Waals surface area contributed by atoms with Gasteiger partial charge in [0.25, 0.3) is 0 Å². The van der Waals surface area contributed by atoms with Crippen LogP contribution in [0.5, 0.6) is 0 Å². The Labute approximate surface area is 122 Å². The van der Waals surface area contributed by atoms with Crippen LogP contribution in [0.2, 0.25) is 5.02 Å². The van der Waals surface area contributed by atoms with Gasteiger partial charge in [0.2, 0.25) is 0 Å². The van der Waals surface area contributed by atoms with Crippen LogP contribution in [0.1, 0.15) is 5.56 Å². The van der Waals surface area contributed by atoms with E-state index in [0.717, 1.165) is 5.56 Å². The Morgan fingerprint density at radius 1 is 1.20 bits per heavy atom. The molecular weight excluding hydrogens is 279 g/mol. The van der Waals surface area contributed by atoms with Gasteiger partial charge in [-0.1, -0.05) is 41.9 Å². The molecule has 2 aromatic carbocycles. The van der Waals surface area contributed by atoms with Crippen molar-refractivity contribution in [1.82, 2.24) is 4.90 Å². The molecule has 5 heteroatoms. The number of urea groups is 1. The maximum Gasteiger partial charge on any atom is 0.321 e. The molecule has 0 atom stereocenters. The van der Waals surface area contributed by atoms with E-state index in [4.69, 9.17) is 11.6 Å². The lowest BCUT2D eigenvalue weighted by Gasteiger charge is -2.19. The first-order valence-electron chi connectivity index (χ1n) is 6.08. The molecule has 0 saturated carbocycles. The molecule has 0 fully saturated rings. The van der Waals surface area contributed by atoms with E-state index in [9.17, 15) is 9.18 Å². The molecule has 104 valence electrons. The Kier molecular flexibility index (Phi) is 4.58. The Hall–Kier alpha value is -2.07. The van der Waals surface area contributed by atoms with Crippen LogP contribution in [0.15, 0.2) is 48.5 Å². The number of carbonyl (C=O) groups excluding carboxylic acids is 1. The second kappa shape index (κ2) is 6.39. The predicted molar refractivity (Wildman–Crippen MR) is 78.3 cm³/mol. The first-order valence-corrected chi connectivity index (χ1v) is 6.46. The third-order valence-corrected chi connectivity index (χ3v) is 3.20. The normalized spacial score (nSPS) is 10.2. The number of amides is 2. The van der Waals surface area contributed by atoms with Gasteiger partial charge in [0.15, 0.2) is 0 Å². The van der Waals surface area contributed by atoms with Crippen LogP contribution in [0.25, 0.3) is 0 Å². The summed E-state index contributed by atoms with van der Waals surface area (Å²) in [5.41, 5.74) is 0.990. The summed E-state index contributed by atoms with van der Waals surface area (Å²) < 4.78 is 13.5. The van der Waals surface area contributed by atoms with Crippen LogP contribution in [0, 0.1) is 5.82 Å². The Morgan fingerprint density at radius 3 is 2.55 bits per heavy atom. The average Bonchev–Trinajstić information content (AvgIpc) is 2.43. The molecule has 0 aliphatic heterocycles. The topological polar surface area (TPSA) is 32.3 Å². The van der Waals surface area contributed by atoms with Gasteiger partial charge in [-0.3, -0.25) is 0 Å². The monoisotopic (exact) mass is 292 g/mol. The van der Waals surface area contributed by atoms with Crippen LogP contribution in [0.3, 0.4) is 0 Å². The van der Waals surface area contributed by atoms with Gasteiger partial charge in [-0.05, 0) is 23.8 Å². The predicted octanol–water partition coefficient (Wildman–Crippen LogP) is 4.14. The lowest BCUT2D eigenvalue weighted by Crippen LogP contribution is -2.31. The molecule has 1 N–H and O–H groups in total. The minimum Gasteiger partial charge on any atom is -0.323 e. The molecule has 0 spiro atoms. The maximum atomic E-state index is 13.5. The fourth-order valence-corrected chi connectivity index (χ4v) is 1.92. The molecule has 0 unspecified atom stereocenters. The van der Waals surface area contributed by atoms with Crippen LogP contribution in [-0.4, -0.2) is 18.0 Å². The van der Waals surface area contributed by atoms with Crippen molar-refractivity contribution < 1.29 is 9.18 Å². The minimum absolute atomic E-state index is 0.156. The van der Waals surface area contributed by atoms with Crippen molar-refractivity contribution >= 4 is 23.3 Å². The van der Waals surface area contributed by atoms with Gasteiger partial charge in [-0.15, -0.1) is 0 Å². The van der Waals surface area contributed by atoms with E-state index >= 15 is 0 Å². The van der Waals surface area contributed by atoms with Gasteiger partial charge in [-0.25, -0.2) is 9.18 Å². The SMILES string of the molecule is CN(Cc1ccccc1Cl)C(=O)Nc1ccccc1F. The molecule has 2 rings (SSSR count). The standard InChI is InChI=1S/C15H14ClFN2O/c1-19(10-11-6-2-3-7-12(11)16)15(20)18-14-9-5-4-8-13(14)17/h2-9H,10H2,1H3,(H,18,20). The van der Waals surface area contributed by atoms with Crippen LogP contribution < -0.4 is 5.32 Å². The van der Waals surface area contributed by atoms with Crippen molar-refractivity contribution in [2.75, 3.05) is 12.4 Å². The van der Waals surface area contributed by atoms with Gasteiger partial charge < -0.3 is 10.2 Å². The second-order valence-corrected chi connectivity index (χ2v) is 4.76. The van der Waals surface area contributed by atoms with Gasteiger partial charge in [0.1, 0.15) is 5.82 Å². The summed E-state index contributed by atoms with van der Waals surface area (Å²) in [4.78, 5) is 13.4. The highest BCUT2D eigenvalue weighted by molar-refractivity contribution is 6.31. The smallest absolute Gasteiger partial charge is 0.321 e. The minimum atomic E-state index is -0.466. The molecule has 0 radical (unpaired) electrons. The molecule has 0 bridgehead atoms. The third kappa shape index (κ3) is 3.48. The third-order valence-electron chi connectivity index (χ3n) is 2.83. The highest BCUT2D eigenvalue weighted by Gasteiger charge is 2.12. The summed E-state index contributed by atoms with van der Waals surface area (Å²) in [5, 5.41) is 3.11. The maximum absolute atomic E-state index is 13.5. The number of para-hydroxylation sites is 1. The molecule has 0 aliphatic rings. The Bertz CT molecular complexity index is 618. The molecule has 20 heavy (non-hydrogen) atoms. The number of nitrogens with zero attached hydrogens (tertiary/aromatic N) is 1. The van der Waals surface area contributed by atoms with Crippen molar-refractivity contribution in [2.45, 2.75) is 6.54 Å². The number of anilines is 1. The summed E-state index contributed by atoms with van der Waals surface area (Å²) in [7, 11) is 1.62. The van der Waals surface area contributed by atoms with E-state index in [1.54, 1.807) is 25.2 Å². The molecule has 2 amide bonds. The van der Waals surface area contributed by atoms with E-state index in [1.807, 2.05) is 18.2 Å². The van der Waals surface area contributed by atoms with E-state index in [0.29, 0.717) is 11.6 Å². The summed E-state index contributed by atoms with van der Waals surface area (Å²) >= 11 is 6.04. The first kappa shape index (κ1) is 14.3. The van der Waals surface area contributed by atoms with Crippen molar-refractivity contribution in [2.24, 2.45) is 0 Å². The molecule has 2 aromatic rings. The summed E-state index contributed by atoms with van der Waals surface area (Å²) in [5.74, 6) is -0.466. The molecular formula is C15H14ClFN2O. The fraction of sp³-hybridized carbons (Fsp3) is 0.133. The molecule has 0 saturated heterocycles. The van der Waals surface area contributed by atoms with E-state index in [1.165, 1.54) is 17.0 Å². The Balaban J connectivity index is 2.03. The first-order chi connectivity index (χ1) is 9.58. The number of benzene rings is 2. The van der Waals surface area contributed by atoms with Gasteiger partial charge in [0.05, 0.1) is 5.69 Å². The number of hydrogen-bond acceptors (Lipinski definition) is 1. The van der Waals surface area contributed by atoms with Gasteiger partial charge in [-0.2, -0.15) is 0 Å². The highest BCUT2D eigenvalue weighted by Crippen LogP contribution is 2.17. The van der Waals surface area contributed by atoms with E-state index < -0.39 is 11.8 Å². The Morgan fingerprint density at radius 2 is 1.85 bits per heavy atom. The molecule has 3 nitrogen and oxygen atoms in total. The fourth-order valence-electron chi connectivity index (χ4n) is 1.73. The highest BCUT2D eigenvalue weighted by atomic mass is 35.5. The lowest BCUT2D eigenvalue weighted by molar-refractivity contribution is 0.220. The van der Waals surface area contributed by atoms with E-state index in [-0.39, 0.29) is 5.69 Å². The van der Waals surface area contributed by atoms with Crippen molar-refractivity contribution in [3.8, 4) is 0 Å². The number of nitrogens with one attached hydrogen (secondary N) is 1. The number of rotatable bonds is 3. The zero-order valence-electron chi connectivity index (χ0n) is 10.9. The molecule has 0 heterocycles. The number of halogens is 2. The van der Waals surface area contributed by atoms with E-state index in [2.05, 4.69) is 5.32 Å². The van der Waals surface area contributed by atoms with Crippen LogP contribution >= 0.6 is 11.6 Å². The van der Waals surface area contributed by atoms with Gasteiger partial charge in [0, 0.05) is 18.6 Å². The average molecular weight is 293 g/mol. The molecule has 0 aliphatic carbocycles. The van der Waals surface area contributed by atoms with Gasteiger partial charge >= 0.3 is 6.03 Å². The van der Waals surface area contributed by atoms with Crippen LogP contribution in [0.4, 0.5) is 14.9 Å². The van der Waals surface area contributed by atoms with Crippen molar-refractivity contribution in [1.29, 1.82) is 0 Å². The number of carbonyl (C=O) groups is 1. The van der Waals surface area contributed by atoms with Crippen LogP contribution in [-0.2, 0) is 6.54 Å². The van der Waals surface area contributed by atoms with Crippen molar-refractivity contribution in [3.63, 3.8) is 0 Å². The summed E-state index contributed by atoms with van der Waals surface area (Å²) in [6, 6.07) is 12.9. The number of hydrogen-bond donors (Lipinski definition) is 1. The largest absolute Gasteiger partial charge is 0.323 e. The quantitative estimate of drug-likeness (QED) is 0.906. The second-order valence-electron chi connectivity index (χ2n) is 4.36. The molecule has 0 aromatic heterocycles. The summed E-state index contributed by atoms with van der Waals surface area (Å²) in [6.07, 6.45) is 0. The zero-order chi connectivity index (χ0) is 14.5. The summed E-state index contributed by atoms with van der Waals surface area (Å²) in [6.45, 7) is 0.347.